The zero-order chi connectivity index (χ0) is 17.6. The quantitative estimate of drug-likeness (QED) is 0.843. The van der Waals surface area contributed by atoms with Crippen LogP contribution in [0.25, 0.3) is 0 Å². The normalized spacial score (nSPS) is 19.6. The number of anilines is 1. The minimum Gasteiger partial charge on any atom is -0.343 e. The predicted octanol–water partition coefficient (Wildman–Crippen LogP) is 0.756. The van der Waals surface area contributed by atoms with Gasteiger partial charge in [-0.3, -0.25) is 4.79 Å². The van der Waals surface area contributed by atoms with Crippen molar-refractivity contribution < 1.29 is 9.59 Å². The standard InChI is InChI=1S/C17H26N6O2/c1-13(24)22-9-3-14(4-10-22)20-17(25)21-15-5-11-23(12-6-15)16-18-7-2-8-19-16/h2,7-8,14-15H,3-6,9-12H2,1H3,(H2,20,21,25). The fourth-order valence-electron chi connectivity index (χ4n) is 3.43. The molecular weight excluding hydrogens is 320 g/mol. The number of carbonyl (C=O) groups is 2. The number of hydrogen-bond donors (Lipinski definition) is 2. The molecule has 25 heavy (non-hydrogen) atoms. The van der Waals surface area contributed by atoms with Gasteiger partial charge in [0.2, 0.25) is 11.9 Å². The van der Waals surface area contributed by atoms with Crippen molar-refractivity contribution in [3.8, 4) is 0 Å². The van der Waals surface area contributed by atoms with Crippen LogP contribution in [0.4, 0.5) is 10.7 Å². The summed E-state index contributed by atoms with van der Waals surface area (Å²) >= 11 is 0. The minimum atomic E-state index is -0.101. The van der Waals surface area contributed by atoms with E-state index < -0.39 is 0 Å². The minimum absolute atomic E-state index is 0.101. The number of rotatable bonds is 3. The molecule has 3 heterocycles. The third-order valence-corrected chi connectivity index (χ3v) is 4.94. The van der Waals surface area contributed by atoms with Crippen molar-refractivity contribution in [1.82, 2.24) is 25.5 Å². The number of piperidine rings is 2. The van der Waals surface area contributed by atoms with Crippen LogP contribution in [0.3, 0.4) is 0 Å². The summed E-state index contributed by atoms with van der Waals surface area (Å²) in [6.45, 7) is 4.71. The third kappa shape index (κ3) is 4.80. The average Bonchev–Trinajstić information content (AvgIpc) is 2.63. The Morgan fingerprint density at radius 2 is 1.48 bits per heavy atom. The van der Waals surface area contributed by atoms with Crippen LogP contribution in [-0.2, 0) is 4.79 Å². The first kappa shape index (κ1) is 17.4. The van der Waals surface area contributed by atoms with Crippen molar-refractivity contribution in [2.75, 3.05) is 31.1 Å². The highest BCUT2D eigenvalue weighted by Gasteiger charge is 2.25. The Labute approximate surface area is 148 Å². The summed E-state index contributed by atoms with van der Waals surface area (Å²) in [6.07, 6.45) is 6.89. The summed E-state index contributed by atoms with van der Waals surface area (Å²) in [7, 11) is 0. The van der Waals surface area contributed by atoms with E-state index in [0.29, 0.717) is 0 Å². The van der Waals surface area contributed by atoms with Crippen LogP contribution in [0.15, 0.2) is 18.5 Å². The van der Waals surface area contributed by atoms with Crippen LogP contribution in [0.2, 0.25) is 0 Å². The van der Waals surface area contributed by atoms with Crippen LogP contribution in [0.1, 0.15) is 32.6 Å². The van der Waals surface area contributed by atoms with Gasteiger partial charge < -0.3 is 20.4 Å². The van der Waals surface area contributed by atoms with Gasteiger partial charge in [0.05, 0.1) is 0 Å². The van der Waals surface area contributed by atoms with E-state index in [-0.39, 0.29) is 24.0 Å². The summed E-state index contributed by atoms with van der Waals surface area (Å²) in [6, 6.07) is 2.03. The maximum Gasteiger partial charge on any atom is 0.315 e. The molecule has 2 aliphatic rings. The first-order valence-electron chi connectivity index (χ1n) is 8.96. The Balaban J connectivity index is 1.38. The lowest BCUT2D eigenvalue weighted by Gasteiger charge is -2.34. The Morgan fingerprint density at radius 1 is 0.960 bits per heavy atom. The van der Waals surface area contributed by atoms with Gasteiger partial charge in [0.1, 0.15) is 0 Å². The Kier molecular flexibility index (Phi) is 5.67. The first-order chi connectivity index (χ1) is 12.1. The van der Waals surface area contributed by atoms with Crippen molar-refractivity contribution >= 4 is 17.9 Å². The third-order valence-electron chi connectivity index (χ3n) is 4.94. The molecule has 0 aliphatic carbocycles. The lowest BCUT2D eigenvalue weighted by Crippen LogP contribution is -2.52. The van der Waals surface area contributed by atoms with E-state index in [4.69, 9.17) is 0 Å². The molecule has 8 heteroatoms. The molecule has 2 aliphatic heterocycles. The molecular formula is C17H26N6O2. The highest BCUT2D eigenvalue weighted by molar-refractivity contribution is 5.75. The van der Waals surface area contributed by atoms with Crippen LogP contribution in [-0.4, -0.2) is 65.1 Å². The number of nitrogens with one attached hydrogen (secondary N) is 2. The second-order valence-corrected chi connectivity index (χ2v) is 6.71. The largest absolute Gasteiger partial charge is 0.343 e. The van der Waals surface area contributed by atoms with Gasteiger partial charge in [-0.15, -0.1) is 0 Å². The Bertz CT molecular complexity index is 580. The molecule has 2 fully saturated rings. The molecule has 1 aromatic rings. The number of urea groups is 1. The maximum absolute atomic E-state index is 12.2. The molecule has 0 unspecified atom stereocenters. The van der Waals surface area contributed by atoms with Crippen molar-refractivity contribution in [1.29, 1.82) is 0 Å². The van der Waals surface area contributed by atoms with Gasteiger partial charge in [-0.05, 0) is 31.7 Å². The zero-order valence-corrected chi connectivity index (χ0v) is 14.6. The van der Waals surface area contributed by atoms with Gasteiger partial charge in [0.25, 0.3) is 0 Å². The summed E-state index contributed by atoms with van der Waals surface area (Å²) < 4.78 is 0. The van der Waals surface area contributed by atoms with E-state index in [1.165, 1.54) is 0 Å². The number of amides is 3. The number of carbonyl (C=O) groups excluding carboxylic acids is 2. The second-order valence-electron chi connectivity index (χ2n) is 6.71. The maximum atomic E-state index is 12.2. The molecule has 0 atom stereocenters. The fourth-order valence-corrected chi connectivity index (χ4v) is 3.43. The molecule has 8 nitrogen and oxygen atoms in total. The van der Waals surface area contributed by atoms with Crippen molar-refractivity contribution in [3.63, 3.8) is 0 Å². The number of likely N-dealkylation sites (tertiary alicyclic amines) is 1. The van der Waals surface area contributed by atoms with Gasteiger partial charge in [0, 0.05) is 57.6 Å². The zero-order valence-electron chi connectivity index (χ0n) is 14.6. The SMILES string of the molecule is CC(=O)N1CCC(NC(=O)NC2CCN(c3ncccn3)CC2)CC1. The molecule has 1 aromatic heterocycles. The monoisotopic (exact) mass is 346 g/mol. The van der Waals surface area contributed by atoms with E-state index in [9.17, 15) is 9.59 Å². The van der Waals surface area contributed by atoms with Gasteiger partial charge in [-0.2, -0.15) is 0 Å². The molecule has 0 aromatic carbocycles. The molecule has 3 amide bonds. The molecule has 136 valence electrons. The van der Waals surface area contributed by atoms with E-state index in [0.717, 1.165) is 57.8 Å². The molecule has 0 saturated carbocycles. The van der Waals surface area contributed by atoms with Gasteiger partial charge in [-0.1, -0.05) is 0 Å². The van der Waals surface area contributed by atoms with Crippen molar-refractivity contribution in [2.45, 2.75) is 44.7 Å². The second kappa shape index (κ2) is 8.13. The van der Waals surface area contributed by atoms with Crippen LogP contribution in [0.5, 0.6) is 0 Å². The summed E-state index contributed by atoms with van der Waals surface area (Å²) in [5.74, 6) is 0.861. The van der Waals surface area contributed by atoms with Crippen LogP contribution in [0, 0.1) is 0 Å². The van der Waals surface area contributed by atoms with Gasteiger partial charge >= 0.3 is 6.03 Å². The van der Waals surface area contributed by atoms with E-state index in [1.54, 1.807) is 19.3 Å². The molecule has 3 rings (SSSR count). The van der Waals surface area contributed by atoms with Crippen molar-refractivity contribution in [3.05, 3.63) is 18.5 Å². The molecule has 0 radical (unpaired) electrons. The Hall–Kier alpha value is -2.38. The Morgan fingerprint density at radius 3 is 2.00 bits per heavy atom. The topological polar surface area (TPSA) is 90.5 Å². The number of nitrogens with zero attached hydrogens (tertiary/aromatic N) is 4. The highest BCUT2D eigenvalue weighted by Crippen LogP contribution is 2.15. The van der Waals surface area contributed by atoms with Gasteiger partial charge in [-0.25, -0.2) is 14.8 Å². The molecule has 2 N–H and O–H groups in total. The smallest absolute Gasteiger partial charge is 0.315 e. The fraction of sp³-hybridized carbons (Fsp3) is 0.647. The highest BCUT2D eigenvalue weighted by atomic mass is 16.2. The first-order valence-corrected chi connectivity index (χ1v) is 8.96. The van der Waals surface area contributed by atoms with Gasteiger partial charge in [0.15, 0.2) is 0 Å². The van der Waals surface area contributed by atoms with E-state index in [2.05, 4.69) is 25.5 Å². The lowest BCUT2D eigenvalue weighted by molar-refractivity contribution is -0.129. The summed E-state index contributed by atoms with van der Waals surface area (Å²) in [5, 5.41) is 6.12. The van der Waals surface area contributed by atoms with Crippen LogP contribution >= 0.6 is 0 Å². The molecule has 0 spiro atoms. The summed E-state index contributed by atoms with van der Waals surface area (Å²) in [4.78, 5) is 36.1. The van der Waals surface area contributed by atoms with E-state index in [1.807, 2.05) is 11.0 Å². The van der Waals surface area contributed by atoms with Crippen molar-refractivity contribution in [2.24, 2.45) is 0 Å². The van der Waals surface area contributed by atoms with Crippen LogP contribution < -0.4 is 15.5 Å². The number of hydrogen-bond acceptors (Lipinski definition) is 5. The molecule has 2 saturated heterocycles. The molecule has 0 bridgehead atoms. The summed E-state index contributed by atoms with van der Waals surface area (Å²) in [5.41, 5.74) is 0. The lowest BCUT2D eigenvalue weighted by atomic mass is 10.0. The average molecular weight is 346 g/mol. The van der Waals surface area contributed by atoms with E-state index >= 15 is 0 Å². The predicted molar refractivity (Wildman–Crippen MR) is 94.2 cm³/mol. The number of aromatic nitrogens is 2.